The molecule has 1 atom stereocenters. The van der Waals surface area contributed by atoms with E-state index in [1.54, 1.807) is 0 Å². The van der Waals surface area contributed by atoms with Gasteiger partial charge in [0.1, 0.15) is 0 Å². The second-order valence-electron chi connectivity index (χ2n) is 4.28. The summed E-state index contributed by atoms with van der Waals surface area (Å²) in [5.41, 5.74) is 3.77. The number of aryl methyl sites for hydroxylation is 1. The maximum Gasteiger partial charge on any atom is 0.0485 e. The van der Waals surface area contributed by atoms with Gasteiger partial charge < -0.3 is 5.32 Å². The molecule has 0 spiro atoms. The van der Waals surface area contributed by atoms with Crippen LogP contribution < -0.4 is 5.32 Å². The fraction of sp³-hybridized carbons (Fsp3) is 0.200. The van der Waals surface area contributed by atoms with E-state index in [1.807, 2.05) is 0 Å². The molecular formula is C15H16IN. The van der Waals surface area contributed by atoms with Crippen LogP contribution in [0.15, 0.2) is 48.5 Å². The van der Waals surface area contributed by atoms with E-state index >= 15 is 0 Å². The Morgan fingerprint density at radius 3 is 2.12 bits per heavy atom. The highest BCUT2D eigenvalue weighted by Gasteiger charge is 2.04. The van der Waals surface area contributed by atoms with Gasteiger partial charge in [0.25, 0.3) is 0 Å². The van der Waals surface area contributed by atoms with E-state index in [2.05, 4.69) is 90.3 Å². The van der Waals surface area contributed by atoms with Crippen LogP contribution in [0.1, 0.15) is 24.1 Å². The zero-order valence-electron chi connectivity index (χ0n) is 10.1. The third kappa shape index (κ3) is 3.46. The number of anilines is 1. The molecule has 1 N–H and O–H groups in total. The first-order valence-corrected chi connectivity index (χ1v) is 6.82. The minimum atomic E-state index is 0.328. The van der Waals surface area contributed by atoms with Gasteiger partial charge in [-0.2, -0.15) is 0 Å². The topological polar surface area (TPSA) is 12.0 Å². The first-order valence-electron chi connectivity index (χ1n) is 5.74. The van der Waals surface area contributed by atoms with Crippen molar-refractivity contribution in [1.82, 2.24) is 0 Å². The van der Waals surface area contributed by atoms with Crippen molar-refractivity contribution in [3.05, 3.63) is 63.2 Å². The Morgan fingerprint density at radius 1 is 0.941 bits per heavy atom. The molecule has 1 unspecified atom stereocenters. The van der Waals surface area contributed by atoms with Crippen LogP contribution in [-0.2, 0) is 0 Å². The zero-order chi connectivity index (χ0) is 12.3. The smallest absolute Gasteiger partial charge is 0.0485 e. The van der Waals surface area contributed by atoms with Crippen molar-refractivity contribution in [2.75, 3.05) is 5.32 Å². The van der Waals surface area contributed by atoms with Crippen molar-refractivity contribution in [3.63, 3.8) is 0 Å². The van der Waals surface area contributed by atoms with E-state index in [-0.39, 0.29) is 0 Å². The van der Waals surface area contributed by atoms with Crippen molar-refractivity contribution < 1.29 is 0 Å². The van der Waals surface area contributed by atoms with Crippen LogP contribution in [0.3, 0.4) is 0 Å². The lowest BCUT2D eigenvalue weighted by atomic mass is 10.1. The molecular weight excluding hydrogens is 321 g/mol. The molecule has 0 fully saturated rings. The molecule has 0 aromatic heterocycles. The Morgan fingerprint density at radius 2 is 1.53 bits per heavy atom. The summed E-state index contributed by atoms with van der Waals surface area (Å²) in [5.74, 6) is 0. The SMILES string of the molecule is Cc1ccc(NC(C)c2ccc(I)cc2)cc1. The molecule has 0 saturated carbocycles. The van der Waals surface area contributed by atoms with E-state index in [9.17, 15) is 0 Å². The zero-order valence-corrected chi connectivity index (χ0v) is 12.2. The Bertz CT molecular complexity index is 473. The van der Waals surface area contributed by atoms with Crippen LogP contribution in [0.5, 0.6) is 0 Å². The Balaban J connectivity index is 2.08. The summed E-state index contributed by atoms with van der Waals surface area (Å²) in [4.78, 5) is 0. The van der Waals surface area contributed by atoms with Crippen molar-refractivity contribution in [2.24, 2.45) is 0 Å². The molecule has 0 aliphatic rings. The molecule has 0 aliphatic carbocycles. The van der Waals surface area contributed by atoms with Crippen LogP contribution in [0.2, 0.25) is 0 Å². The predicted octanol–water partition coefficient (Wildman–Crippen LogP) is 4.77. The molecule has 0 amide bonds. The number of hydrogen-bond acceptors (Lipinski definition) is 1. The third-order valence-electron chi connectivity index (χ3n) is 2.80. The first kappa shape index (κ1) is 12.4. The number of hydrogen-bond donors (Lipinski definition) is 1. The van der Waals surface area contributed by atoms with E-state index in [4.69, 9.17) is 0 Å². The molecule has 0 heterocycles. The fourth-order valence-electron chi connectivity index (χ4n) is 1.73. The number of benzene rings is 2. The lowest BCUT2D eigenvalue weighted by Gasteiger charge is -2.16. The van der Waals surface area contributed by atoms with Crippen LogP contribution >= 0.6 is 22.6 Å². The molecule has 2 aromatic carbocycles. The molecule has 0 radical (unpaired) electrons. The summed E-state index contributed by atoms with van der Waals surface area (Å²) in [6, 6.07) is 17.5. The van der Waals surface area contributed by atoms with Crippen LogP contribution in [0, 0.1) is 10.5 Å². The van der Waals surface area contributed by atoms with Gasteiger partial charge in [-0.25, -0.2) is 0 Å². The summed E-state index contributed by atoms with van der Waals surface area (Å²) in [7, 11) is 0. The summed E-state index contributed by atoms with van der Waals surface area (Å²) in [6.07, 6.45) is 0. The minimum Gasteiger partial charge on any atom is -0.379 e. The van der Waals surface area contributed by atoms with Gasteiger partial charge in [0.2, 0.25) is 0 Å². The van der Waals surface area contributed by atoms with Crippen LogP contribution in [-0.4, -0.2) is 0 Å². The minimum absolute atomic E-state index is 0.328. The molecule has 1 nitrogen and oxygen atoms in total. The number of rotatable bonds is 3. The van der Waals surface area contributed by atoms with Gasteiger partial charge in [-0.1, -0.05) is 29.8 Å². The van der Waals surface area contributed by atoms with E-state index in [0.717, 1.165) is 0 Å². The maximum atomic E-state index is 3.50. The highest BCUT2D eigenvalue weighted by Crippen LogP contribution is 2.20. The molecule has 2 rings (SSSR count). The number of nitrogens with one attached hydrogen (secondary N) is 1. The largest absolute Gasteiger partial charge is 0.379 e. The van der Waals surface area contributed by atoms with E-state index in [1.165, 1.54) is 20.4 Å². The van der Waals surface area contributed by atoms with Crippen molar-refractivity contribution in [3.8, 4) is 0 Å². The normalized spacial score (nSPS) is 12.2. The summed E-state index contributed by atoms with van der Waals surface area (Å²) < 4.78 is 1.27. The molecule has 17 heavy (non-hydrogen) atoms. The average Bonchev–Trinajstić information content (AvgIpc) is 2.33. The molecule has 0 bridgehead atoms. The highest BCUT2D eigenvalue weighted by molar-refractivity contribution is 14.1. The lowest BCUT2D eigenvalue weighted by Crippen LogP contribution is -2.06. The van der Waals surface area contributed by atoms with E-state index in [0.29, 0.717) is 6.04 Å². The molecule has 0 saturated heterocycles. The quantitative estimate of drug-likeness (QED) is 0.796. The third-order valence-corrected chi connectivity index (χ3v) is 3.52. The monoisotopic (exact) mass is 337 g/mol. The maximum absolute atomic E-state index is 3.50. The van der Waals surface area contributed by atoms with Crippen molar-refractivity contribution >= 4 is 28.3 Å². The second-order valence-corrected chi connectivity index (χ2v) is 5.53. The van der Waals surface area contributed by atoms with Gasteiger partial charge in [0.05, 0.1) is 0 Å². The number of halogens is 1. The lowest BCUT2D eigenvalue weighted by molar-refractivity contribution is 0.884. The molecule has 88 valence electrons. The average molecular weight is 337 g/mol. The van der Waals surface area contributed by atoms with Gasteiger partial charge >= 0.3 is 0 Å². The molecule has 0 aliphatic heterocycles. The summed E-state index contributed by atoms with van der Waals surface area (Å²) in [5, 5.41) is 3.50. The van der Waals surface area contributed by atoms with Crippen molar-refractivity contribution in [2.45, 2.75) is 19.9 Å². The van der Waals surface area contributed by atoms with Gasteiger partial charge in [0, 0.05) is 15.3 Å². The van der Waals surface area contributed by atoms with Gasteiger partial charge in [-0.3, -0.25) is 0 Å². The van der Waals surface area contributed by atoms with Gasteiger partial charge in [-0.05, 0) is 66.3 Å². The van der Waals surface area contributed by atoms with E-state index < -0.39 is 0 Å². The summed E-state index contributed by atoms with van der Waals surface area (Å²) in [6.45, 7) is 4.29. The fourth-order valence-corrected chi connectivity index (χ4v) is 2.09. The Labute approximate surface area is 116 Å². The molecule has 2 aromatic rings. The van der Waals surface area contributed by atoms with Crippen LogP contribution in [0.25, 0.3) is 0 Å². The van der Waals surface area contributed by atoms with Crippen molar-refractivity contribution in [1.29, 1.82) is 0 Å². The first-order chi connectivity index (χ1) is 8.15. The standard InChI is InChI=1S/C15H16IN/c1-11-3-9-15(10-4-11)17-12(2)13-5-7-14(16)8-6-13/h3-10,12,17H,1-2H3. The predicted molar refractivity (Wildman–Crippen MR) is 82.4 cm³/mol. The summed E-state index contributed by atoms with van der Waals surface area (Å²) >= 11 is 2.33. The van der Waals surface area contributed by atoms with Gasteiger partial charge in [0.15, 0.2) is 0 Å². The van der Waals surface area contributed by atoms with Crippen LogP contribution in [0.4, 0.5) is 5.69 Å². The van der Waals surface area contributed by atoms with Gasteiger partial charge in [-0.15, -0.1) is 0 Å². The Kier molecular flexibility index (Phi) is 4.05. The molecule has 2 heteroatoms. The highest BCUT2D eigenvalue weighted by atomic mass is 127. The second kappa shape index (κ2) is 5.54. The Hall–Kier alpha value is -1.03.